The standard InChI is InChI=1S/C26H23N3O3S.K.H/c1-29(22-15-12-20(13-16-22)19-8-4-2-5-9-19)25-18-21(14-17-24(25)27)26(30)28-33(31,32)23-10-6-3-7-11-23;;/h2-18H,27H2,1H3,(H,28,30);;/q;+1;-1. The normalized spacial score (nSPS) is 10.7. The van der Waals surface area contributed by atoms with Gasteiger partial charge < -0.3 is 12.1 Å². The van der Waals surface area contributed by atoms with Crippen LogP contribution >= 0.6 is 0 Å². The third-order valence-electron chi connectivity index (χ3n) is 5.30. The maximum absolute atomic E-state index is 12.7. The number of nitrogens with two attached hydrogens (primary N) is 1. The molecule has 0 aliphatic heterocycles. The van der Waals surface area contributed by atoms with Gasteiger partial charge in [-0.1, -0.05) is 60.7 Å². The van der Waals surface area contributed by atoms with Gasteiger partial charge in [0, 0.05) is 18.3 Å². The summed E-state index contributed by atoms with van der Waals surface area (Å²) in [5.41, 5.74) is 10.5. The van der Waals surface area contributed by atoms with Crippen molar-refractivity contribution in [3.63, 3.8) is 0 Å². The number of carbonyl (C=O) groups excluding carboxylic acids is 1. The molecule has 168 valence electrons. The van der Waals surface area contributed by atoms with Gasteiger partial charge in [0.25, 0.3) is 15.9 Å². The molecule has 0 radical (unpaired) electrons. The number of rotatable bonds is 6. The average molecular weight is 498 g/mol. The van der Waals surface area contributed by atoms with Gasteiger partial charge in [0.2, 0.25) is 0 Å². The molecule has 0 aliphatic rings. The minimum absolute atomic E-state index is 0. The van der Waals surface area contributed by atoms with Crippen LogP contribution in [0.2, 0.25) is 0 Å². The van der Waals surface area contributed by atoms with E-state index < -0.39 is 15.9 Å². The van der Waals surface area contributed by atoms with Gasteiger partial charge >= 0.3 is 51.4 Å². The Labute approximate surface area is 243 Å². The molecular weight excluding hydrogens is 473 g/mol. The molecule has 8 heteroatoms. The van der Waals surface area contributed by atoms with Crippen LogP contribution in [0.3, 0.4) is 0 Å². The summed E-state index contributed by atoms with van der Waals surface area (Å²) >= 11 is 0. The first-order valence-corrected chi connectivity index (χ1v) is 11.7. The molecule has 0 heterocycles. The molecular formula is C26H24KN3O3S. The summed E-state index contributed by atoms with van der Waals surface area (Å²) < 4.78 is 27.1. The zero-order valence-electron chi connectivity index (χ0n) is 20.0. The van der Waals surface area contributed by atoms with Crippen LogP contribution in [0.4, 0.5) is 17.1 Å². The van der Waals surface area contributed by atoms with E-state index >= 15 is 0 Å². The first kappa shape index (κ1) is 26.1. The number of nitrogen functional groups attached to an aromatic ring is 1. The molecule has 0 aromatic heterocycles. The molecule has 1 amide bonds. The van der Waals surface area contributed by atoms with E-state index in [4.69, 9.17) is 5.73 Å². The fourth-order valence-corrected chi connectivity index (χ4v) is 4.46. The summed E-state index contributed by atoms with van der Waals surface area (Å²) in [5, 5.41) is 0. The van der Waals surface area contributed by atoms with Crippen LogP contribution in [0.1, 0.15) is 11.8 Å². The SMILES string of the molecule is CN(c1ccc(-c2ccccc2)cc1)c1cc(C(=O)NS(=O)(=O)c2ccccc2)ccc1N.[H-].[K+]. The maximum atomic E-state index is 12.7. The molecule has 0 atom stereocenters. The number of hydrogen-bond donors (Lipinski definition) is 2. The average Bonchev–Trinajstić information content (AvgIpc) is 2.85. The number of sulfonamides is 1. The molecule has 0 saturated carbocycles. The first-order chi connectivity index (χ1) is 15.8. The van der Waals surface area contributed by atoms with Crippen LogP contribution in [0.5, 0.6) is 0 Å². The Morgan fingerprint density at radius 2 is 1.38 bits per heavy atom. The van der Waals surface area contributed by atoms with Crippen LogP contribution < -0.4 is 66.7 Å². The van der Waals surface area contributed by atoms with Crippen LogP contribution in [0.15, 0.2) is 108 Å². The van der Waals surface area contributed by atoms with E-state index in [1.165, 1.54) is 18.2 Å². The summed E-state index contributed by atoms with van der Waals surface area (Å²) in [4.78, 5) is 14.6. The van der Waals surface area contributed by atoms with Gasteiger partial charge in [0.05, 0.1) is 16.3 Å². The van der Waals surface area contributed by atoms with Gasteiger partial charge in [-0.2, -0.15) is 0 Å². The number of hydrogen-bond acceptors (Lipinski definition) is 5. The number of anilines is 3. The van der Waals surface area contributed by atoms with Crippen molar-refractivity contribution in [3.8, 4) is 11.1 Å². The van der Waals surface area contributed by atoms with Crippen LogP contribution in [-0.2, 0) is 10.0 Å². The van der Waals surface area contributed by atoms with E-state index in [-0.39, 0.29) is 63.3 Å². The van der Waals surface area contributed by atoms with Gasteiger partial charge in [-0.05, 0) is 53.6 Å². The van der Waals surface area contributed by atoms with Crippen molar-refractivity contribution in [2.75, 3.05) is 17.7 Å². The zero-order valence-corrected chi connectivity index (χ0v) is 22.9. The largest absolute Gasteiger partial charge is 1.00 e. The van der Waals surface area contributed by atoms with E-state index in [1.54, 1.807) is 30.3 Å². The Kier molecular flexibility index (Phi) is 8.70. The summed E-state index contributed by atoms with van der Waals surface area (Å²) in [6, 6.07) is 30.4. The monoisotopic (exact) mass is 497 g/mol. The second-order valence-electron chi connectivity index (χ2n) is 7.49. The number of benzene rings is 4. The number of nitrogens with zero attached hydrogens (tertiary/aromatic N) is 1. The Bertz CT molecular complexity index is 1380. The first-order valence-electron chi connectivity index (χ1n) is 10.3. The zero-order chi connectivity index (χ0) is 23.4. The van der Waals surface area contributed by atoms with Crippen molar-refractivity contribution in [3.05, 3.63) is 109 Å². The summed E-state index contributed by atoms with van der Waals surface area (Å²) in [7, 11) is -2.14. The third kappa shape index (κ3) is 5.96. The molecule has 4 aromatic rings. The fourth-order valence-electron chi connectivity index (χ4n) is 3.46. The molecule has 0 fully saturated rings. The van der Waals surface area contributed by atoms with E-state index in [1.807, 2.05) is 66.5 Å². The van der Waals surface area contributed by atoms with E-state index in [2.05, 4.69) is 4.72 Å². The molecule has 34 heavy (non-hydrogen) atoms. The maximum Gasteiger partial charge on any atom is 1.00 e. The Morgan fingerprint density at radius 3 is 2.00 bits per heavy atom. The molecule has 0 spiro atoms. The van der Waals surface area contributed by atoms with E-state index in [0.717, 1.165) is 16.8 Å². The molecule has 4 rings (SSSR count). The van der Waals surface area contributed by atoms with Gasteiger partial charge in [0.1, 0.15) is 0 Å². The number of nitrogens with one attached hydrogen (secondary N) is 1. The second kappa shape index (κ2) is 11.3. The van der Waals surface area contributed by atoms with Crippen molar-refractivity contribution in [1.82, 2.24) is 4.72 Å². The Morgan fingerprint density at radius 1 is 0.824 bits per heavy atom. The van der Waals surface area contributed by atoms with Gasteiger partial charge in [-0.25, -0.2) is 13.1 Å². The molecule has 4 aromatic carbocycles. The smallest absolute Gasteiger partial charge is 1.00 e. The van der Waals surface area contributed by atoms with Crippen molar-refractivity contribution in [2.24, 2.45) is 0 Å². The molecule has 0 saturated heterocycles. The number of amides is 1. The third-order valence-corrected chi connectivity index (χ3v) is 6.64. The Hall–Kier alpha value is -2.46. The summed E-state index contributed by atoms with van der Waals surface area (Å²) in [6.45, 7) is 0. The van der Waals surface area contributed by atoms with Crippen LogP contribution in [0, 0.1) is 0 Å². The van der Waals surface area contributed by atoms with Crippen molar-refractivity contribution in [1.29, 1.82) is 0 Å². The molecule has 0 unspecified atom stereocenters. The Balaban J connectivity index is 0.00000216. The van der Waals surface area contributed by atoms with Crippen molar-refractivity contribution >= 4 is 33.0 Å². The molecule has 0 aliphatic carbocycles. The second-order valence-corrected chi connectivity index (χ2v) is 9.18. The molecule has 0 bridgehead atoms. The molecule has 3 N–H and O–H groups in total. The topological polar surface area (TPSA) is 92.5 Å². The summed E-state index contributed by atoms with van der Waals surface area (Å²) in [6.07, 6.45) is 0. The fraction of sp³-hybridized carbons (Fsp3) is 0.0385. The van der Waals surface area contributed by atoms with E-state index in [0.29, 0.717) is 11.4 Å². The molecule has 6 nitrogen and oxygen atoms in total. The van der Waals surface area contributed by atoms with Crippen molar-refractivity contribution in [2.45, 2.75) is 4.90 Å². The minimum Gasteiger partial charge on any atom is -1.00 e. The minimum atomic E-state index is -3.98. The van der Waals surface area contributed by atoms with Crippen molar-refractivity contribution < 1.29 is 66.0 Å². The predicted molar refractivity (Wildman–Crippen MR) is 133 cm³/mol. The van der Waals surface area contributed by atoms with Gasteiger partial charge in [0.15, 0.2) is 0 Å². The summed E-state index contributed by atoms with van der Waals surface area (Å²) in [5.74, 6) is -0.729. The van der Waals surface area contributed by atoms with Gasteiger partial charge in [-0.3, -0.25) is 4.79 Å². The van der Waals surface area contributed by atoms with Crippen LogP contribution in [-0.4, -0.2) is 21.4 Å². The van der Waals surface area contributed by atoms with Crippen LogP contribution in [0.25, 0.3) is 11.1 Å². The predicted octanol–water partition coefficient (Wildman–Crippen LogP) is 1.94. The van der Waals surface area contributed by atoms with Gasteiger partial charge in [-0.15, -0.1) is 0 Å². The quantitative estimate of drug-likeness (QED) is 0.314. The van der Waals surface area contributed by atoms with E-state index in [9.17, 15) is 13.2 Å². The number of carbonyl (C=O) groups is 1.